The second-order valence-corrected chi connectivity index (χ2v) is 11.9. The monoisotopic (exact) mass is 538 g/mol. The number of sulfonamides is 1. The minimum Gasteiger partial charge on any atom is -0.308 e. The predicted molar refractivity (Wildman–Crippen MR) is 148 cm³/mol. The van der Waals surface area contributed by atoms with E-state index in [2.05, 4.69) is 19.1 Å². The van der Waals surface area contributed by atoms with E-state index in [1.165, 1.54) is 27.8 Å². The highest BCUT2D eigenvalue weighted by Crippen LogP contribution is 2.32. The maximum absolute atomic E-state index is 13.5. The first kappa shape index (κ1) is 29.2. The van der Waals surface area contributed by atoms with Crippen molar-refractivity contribution in [2.45, 2.75) is 38.5 Å². The number of hydrogen-bond acceptors (Lipinski definition) is 6. The highest BCUT2D eigenvalue weighted by molar-refractivity contribution is 7.89. The van der Waals surface area contributed by atoms with E-state index in [4.69, 9.17) is 4.98 Å². The Morgan fingerprint density at radius 3 is 2.26 bits per heavy atom. The van der Waals surface area contributed by atoms with Crippen LogP contribution >= 0.6 is 23.7 Å². The normalized spacial score (nSPS) is 11.8. The molecule has 3 rings (SSSR count). The van der Waals surface area contributed by atoms with Gasteiger partial charge in [-0.1, -0.05) is 30.7 Å². The highest BCUT2D eigenvalue weighted by atomic mass is 35.5. The highest BCUT2D eigenvalue weighted by Gasteiger charge is 2.24. The fourth-order valence-electron chi connectivity index (χ4n) is 3.66. The molecular weight excluding hydrogens is 504 g/mol. The second-order valence-electron chi connectivity index (χ2n) is 8.89. The van der Waals surface area contributed by atoms with Crippen LogP contribution in [0.25, 0.3) is 10.2 Å². The number of halogens is 1. The third kappa shape index (κ3) is 6.80. The molecule has 1 amide bonds. The van der Waals surface area contributed by atoms with Gasteiger partial charge in [-0.25, -0.2) is 17.7 Å². The van der Waals surface area contributed by atoms with Crippen LogP contribution in [0.3, 0.4) is 0 Å². The first-order valence-electron chi connectivity index (χ1n) is 11.5. The van der Waals surface area contributed by atoms with Crippen LogP contribution in [0.5, 0.6) is 0 Å². The molecule has 0 aliphatic heterocycles. The van der Waals surface area contributed by atoms with E-state index in [1.807, 2.05) is 32.8 Å². The number of rotatable bonds is 10. The van der Waals surface area contributed by atoms with Gasteiger partial charge in [0, 0.05) is 32.2 Å². The van der Waals surface area contributed by atoms with Crippen molar-refractivity contribution in [2.75, 3.05) is 45.7 Å². The Hall–Kier alpha value is -2.04. The van der Waals surface area contributed by atoms with Gasteiger partial charge in [0.15, 0.2) is 5.13 Å². The summed E-state index contributed by atoms with van der Waals surface area (Å²) in [5, 5.41) is 0.645. The molecule has 192 valence electrons. The molecule has 0 saturated heterocycles. The number of hydrogen-bond donors (Lipinski definition) is 0. The summed E-state index contributed by atoms with van der Waals surface area (Å²) in [5.74, 6) is -0.196. The van der Waals surface area contributed by atoms with Crippen LogP contribution in [-0.2, 0) is 10.0 Å². The lowest BCUT2D eigenvalue weighted by atomic mass is 10.1. The van der Waals surface area contributed by atoms with Gasteiger partial charge in [0.05, 0.1) is 15.1 Å². The lowest BCUT2D eigenvalue weighted by molar-refractivity contribution is 0.0985. The minimum absolute atomic E-state index is 0. The molecule has 0 N–H and O–H groups in total. The number of aryl methyl sites for hydroxylation is 2. The molecule has 0 unspecified atom stereocenters. The van der Waals surface area contributed by atoms with Crippen LogP contribution in [0.2, 0.25) is 0 Å². The molecule has 0 aliphatic rings. The molecule has 3 aromatic rings. The fourth-order valence-corrected chi connectivity index (χ4v) is 6.04. The molecule has 0 bridgehead atoms. The van der Waals surface area contributed by atoms with Gasteiger partial charge >= 0.3 is 0 Å². The van der Waals surface area contributed by atoms with Crippen LogP contribution in [0, 0.1) is 13.8 Å². The molecule has 1 heterocycles. The summed E-state index contributed by atoms with van der Waals surface area (Å²) in [6, 6.07) is 10.4. The Morgan fingerprint density at radius 1 is 1.00 bits per heavy atom. The van der Waals surface area contributed by atoms with Gasteiger partial charge in [-0.15, -0.1) is 12.4 Å². The van der Waals surface area contributed by atoms with Crippen LogP contribution in [0.4, 0.5) is 5.13 Å². The van der Waals surface area contributed by atoms with E-state index in [1.54, 1.807) is 24.1 Å². The van der Waals surface area contributed by atoms with Crippen molar-refractivity contribution >= 4 is 55.0 Å². The third-order valence-corrected chi connectivity index (χ3v) is 8.60. The maximum Gasteiger partial charge on any atom is 0.260 e. The van der Waals surface area contributed by atoms with Crippen LogP contribution < -0.4 is 4.90 Å². The Morgan fingerprint density at radius 2 is 1.66 bits per heavy atom. The van der Waals surface area contributed by atoms with E-state index in [0.717, 1.165) is 34.2 Å². The fraction of sp³-hybridized carbons (Fsp3) is 0.440. The van der Waals surface area contributed by atoms with E-state index in [0.29, 0.717) is 30.3 Å². The van der Waals surface area contributed by atoms with Crippen molar-refractivity contribution < 1.29 is 13.2 Å². The number of likely N-dealkylation sites (N-methyl/N-ethyl adjacent to an activating group) is 1. The number of carbonyl (C=O) groups excluding carboxylic acids is 1. The number of fused-ring (bicyclic) bond motifs is 1. The quantitative estimate of drug-likeness (QED) is 0.364. The molecular formula is C25H35ClN4O3S2. The number of aromatic nitrogens is 1. The molecule has 2 aromatic carbocycles. The van der Waals surface area contributed by atoms with Crippen molar-refractivity contribution in [1.29, 1.82) is 0 Å². The number of carbonyl (C=O) groups is 1. The van der Waals surface area contributed by atoms with E-state index < -0.39 is 10.0 Å². The third-order valence-electron chi connectivity index (χ3n) is 5.70. The van der Waals surface area contributed by atoms with Crippen molar-refractivity contribution in [3.05, 3.63) is 53.1 Å². The first-order valence-corrected chi connectivity index (χ1v) is 13.7. The minimum atomic E-state index is -3.58. The van der Waals surface area contributed by atoms with E-state index in [9.17, 15) is 13.2 Å². The zero-order valence-corrected chi connectivity index (χ0v) is 23.7. The summed E-state index contributed by atoms with van der Waals surface area (Å²) in [6.45, 7) is 7.72. The topological polar surface area (TPSA) is 73.8 Å². The van der Waals surface area contributed by atoms with Gasteiger partial charge in [-0.05, 0) is 75.8 Å². The molecule has 1 aromatic heterocycles. The molecule has 7 nitrogen and oxygen atoms in total. The maximum atomic E-state index is 13.5. The van der Waals surface area contributed by atoms with E-state index >= 15 is 0 Å². The Balaban J connectivity index is 0.00000432. The molecule has 0 spiro atoms. The van der Waals surface area contributed by atoms with Crippen LogP contribution in [-0.4, -0.2) is 69.3 Å². The number of anilines is 1. The summed E-state index contributed by atoms with van der Waals surface area (Å²) < 4.78 is 28.1. The molecule has 10 heteroatoms. The van der Waals surface area contributed by atoms with Gasteiger partial charge in [0.2, 0.25) is 10.0 Å². The summed E-state index contributed by atoms with van der Waals surface area (Å²) in [6.07, 6.45) is 1.72. The van der Waals surface area contributed by atoms with Gasteiger partial charge < -0.3 is 4.90 Å². The lowest BCUT2D eigenvalue weighted by Gasteiger charge is -2.22. The van der Waals surface area contributed by atoms with Crippen molar-refractivity contribution in [1.82, 2.24) is 14.2 Å². The van der Waals surface area contributed by atoms with Crippen molar-refractivity contribution in [3.63, 3.8) is 0 Å². The Kier molecular flexibility index (Phi) is 10.2. The predicted octanol–water partition coefficient (Wildman–Crippen LogP) is 4.96. The zero-order chi connectivity index (χ0) is 25.0. The number of thiazole rings is 1. The molecule has 0 atom stereocenters. The average Bonchev–Trinajstić information content (AvgIpc) is 3.21. The Bertz CT molecular complexity index is 1260. The average molecular weight is 539 g/mol. The number of unbranched alkanes of at least 4 members (excludes halogenated alkanes) is 1. The summed E-state index contributed by atoms with van der Waals surface area (Å²) in [5.41, 5.74) is 3.58. The van der Waals surface area contributed by atoms with Gasteiger partial charge in [-0.3, -0.25) is 9.69 Å². The van der Waals surface area contributed by atoms with Crippen molar-refractivity contribution in [3.8, 4) is 0 Å². The van der Waals surface area contributed by atoms with Gasteiger partial charge in [0.25, 0.3) is 5.91 Å². The number of benzene rings is 2. The molecule has 0 saturated carbocycles. The number of amides is 1. The van der Waals surface area contributed by atoms with Crippen LogP contribution in [0.1, 0.15) is 41.3 Å². The molecule has 0 aliphatic carbocycles. The summed E-state index contributed by atoms with van der Waals surface area (Å²) in [7, 11) is 1.93. The summed E-state index contributed by atoms with van der Waals surface area (Å²) >= 11 is 1.50. The van der Waals surface area contributed by atoms with Crippen LogP contribution in [0.15, 0.2) is 41.3 Å². The summed E-state index contributed by atoms with van der Waals surface area (Å²) in [4.78, 5) is 22.2. The van der Waals surface area contributed by atoms with Gasteiger partial charge in [0.1, 0.15) is 0 Å². The molecule has 35 heavy (non-hydrogen) atoms. The Labute approximate surface area is 219 Å². The number of nitrogens with zero attached hydrogens (tertiary/aromatic N) is 4. The smallest absolute Gasteiger partial charge is 0.260 e. The largest absolute Gasteiger partial charge is 0.308 e. The zero-order valence-electron chi connectivity index (χ0n) is 21.2. The second kappa shape index (κ2) is 12.3. The first-order chi connectivity index (χ1) is 16.0. The molecule has 0 fully saturated rings. The van der Waals surface area contributed by atoms with E-state index in [-0.39, 0.29) is 23.2 Å². The van der Waals surface area contributed by atoms with Crippen molar-refractivity contribution in [2.24, 2.45) is 0 Å². The molecule has 0 radical (unpaired) electrons. The lowest BCUT2D eigenvalue weighted by Crippen LogP contribution is -2.36. The SMILES string of the molecule is CCCCN(C)S(=O)(=O)c1ccc(C(=O)N(CCN(C)C)c2nc3c(C)cc(C)cc3s2)cc1.Cl. The standard InChI is InChI=1S/C25H34N4O3S2.ClH/c1-7-8-13-28(6)34(31,32)21-11-9-20(10-12-21)24(30)29(15-14-27(4)5)25-26-23-19(3)16-18(2)17-22(23)33-25;/h9-12,16-17H,7-8,13-15H2,1-6H3;1H. The van der Waals surface area contributed by atoms with Gasteiger partial charge in [-0.2, -0.15) is 0 Å².